The summed E-state index contributed by atoms with van der Waals surface area (Å²) in [4.78, 5) is 30.3. The van der Waals surface area contributed by atoms with Gasteiger partial charge in [-0.2, -0.15) is 24.9 Å². The van der Waals surface area contributed by atoms with Gasteiger partial charge < -0.3 is 25.4 Å². The lowest BCUT2D eigenvalue weighted by atomic mass is 9.85. The number of nitrogens with one attached hydrogen (secondary N) is 1. The zero-order chi connectivity index (χ0) is 33.4. The molecule has 8 nitrogen and oxygen atoms in total. The number of nitrogens with zero attached hydrogens (tertiary/aromatic N) is 2. The summed E-state index contributed by atoms with van der Waals surface area (Å²) in [5, 5.41) is 13.6. The minimum absolute atomic E-state index is 0.000766. The standard InChI is InChI=1S/C31H41Cl2F3N4O4S/c1-4-5-27(38-20(2)41)44-29(43)30(37,12-17-45-3)24-18-22(31(34,35)36)8-10-26(24)39-13-15-40(16-14-39)28(42)11-7-21-6-9-23(32)19-25(21)33/h6,8-10,18-20,27,38,41H,4-5,7,11-17,37H2,1-3H3. The van der Waals surface area contributed by atoms with Crippen molar-refractivity contribution in [2.75, 3.05) is 43.1 Å². The SMILES string of the molecule is CCCC(NC(C)O)OC(=O)C(N)(CCSC)c1cc(C(F)(F)F)ccc1N1CCN(C(=O)CCc2ccc(Cl)cc2Cl)CC1. The Bertz CT molecular complexity index is 1310. The first-order chi connectivity index (χ1) is 21.2. The van der Waals surface area contributed by atoms with E-state index in [1.807, 2.05) is 18.1 Å². The van der Waals surface area contributed by atoms with Gasteiger partial charge in [0.25, 0.3) is 0 Å². The van der Waals surface area contributed by atoms with Gasteiger partial charge in [-0.05, 0) is 74.1 Å². The maximum absolute atomic E-state index is 13.9. The number of aliphatic hydroxyl groups is 1. The largest absolute Gasteiger partial charge is 0.445 e. The molecule has 0 saturated carbocycles. The average Bonchev–Trinajstić information content (AvgIpc) is 2.98. The van der Waals surface area contributed by atoms with E-state index in [1.165, 1.54) is 24.8 Å². The van der Waals surface area contributed by atoms with Gasteiger partial charge in [0.05, 0.1) is 5.56 Å². The highest BCUT2D eigenvalue weighted by atomic mass is 35.5. The van der Waals surface area contributed by atoms with Gasteiger partial charge in [-0.25, -0.2) is 4.79 Å². The zero-order valence-corrected chi connectivity index (χ0v) is 28.0. The molecule has 3 unspecified atom stereocenters. The molecule has 0 aromatic heterocycles. The van der Waals surface area contributed by atoms with Crippen molar-refractivity contribution in [1.29, 1.82) is 0 Å². The molecule has 1 aliphatic heterocycles. The van der Waals surface area contributed by atoms with E-state index in [0.29, 0.717) is 66.9 Å². The van der Waals surface area contributed by atoms with Crippen molar-refractivity contribution in [3.05, 3.63) is 63.1 Å². The number of aryl methyl sites for hydroxylation is 1. The predicted octanol–water partition coefficient (Wildman–Crippen LogP) is 5.80. The van der Waals surface area contributed by atoms with E-state index in [-0.39, 0.29) is 24.3 Å². The number of aliphatic hydroxyl groups excluding tert-OH is 1. The highest BCUT2D eigenvalue weighted by Crippen LogP contribution is 2.39. The Kier molecular flexibility index (Phi) is 13.7. The highest BCUT2D eigenvalue weighted by molar-refractivity contribution is 7.98. The smallest absolute Gasteiger partial charge is 0.416 e. The van der Waals surface area contributed by atoms with Gasteiger partial charge in [0.2, 0.25) is 5.91 Å². The van der Waals surface area contributed by atoms with Gasteiger partial charge >= 0.3 is 12.1 Å². The van der Waals surface area contributed by atoms with Gasteiger partial charge in [0, 0.05) is 53.9 Å². The number of esters is 1. The summed E-state index contributed by atoms with van der Waals surface area (Å²) in [6.45, 7) is 4.65. The van der Waals surface area contributed by atoms with Crippen molar-refractivity contribution in [3.63, 3.8) is 0 Å². The molecule has 2 aromatic carbocycles. The van der Waals surface area contributed by atoms with Crippen LogP contribution in [-0.4, -0.2) is 72.5 Å². The maximum Gasteiger partial charge on any atom is 0.416 e. The first-order valence-corrected chi connectivity index (χ1v) is 17.0. The van der Waals surface area contributed by atoms with Crippen LogP contribution < -0.4 is 16.0 Å². The van der Waals surface area contributed by atoms with Crippen LogP contribution in [0.5, 0.6) is 0 Å². The molecule has 0 aliphatic carbocycles. The average molecular weight is 694 g/mol. The van der Waals surface area contributed by atoms with Gasteiger partial charge in [-0.3, -0.25) is 10.1 Å². The van der Waals surface area contributed by atoms with Crippen molar-refractivity contribution in [2.45, 2.75) is 70.1 Å². The lowest BCUT2D eigenvalue weighted by Crippen LogP contribution is -2.53. The molecular formula is C31H41Cl2F3N4O4S. The molecule has 1 amide bonds. The summed E-state index contributed by atoms with van der Waals surface area (Å²) >= 11 is 13.6. The minimum atomic E-state index is -4.67. The van der Waals surface area contributed by atoms with Crippen LogP contribution in [0.15, 0.2) is 36.4 Å². The molecular weight excluding hydrogens is 652 g/mol. The fourth-order valence-electron chi connectivity index (χ4n) is 5.22. The second-order valence-electron chi connectivity index (χ2n) is 11.1. The molecule has 2 aromatic rings. The number of hydrogen-bond acceptors (Lipinski definition) is 8. The number of carbonyl (C=O) groups is 2. The molecule has 1 aliphatic rings. The number of amides is 1. The van der Waals surface area contributed by atoms with Crippen LogP contribution in [-0.2, 0) is 32.5 Å². The molecule has 0 radical (unpaired) electrons. The summed E-state index contributed by atoms with van der Waals surface area (Å²) in [6, 6.07) is 8.37. The van der Waals surface area contributed by atoms with Crippen LogP contribution in [0, 0.1) is 0 Å². The van der Waals surface area contributed by atoms with Gasteiger partial charge in [-0.1, -0.05) is 42.6 Å². The summed E-state index contributed by atoms with van der Waals surface area (Å²) in [5.41, 5.74) is 5.11. The van der Waals surface area contributed by atoms with Crippen molar-refractivity contribution < 1.29 is 32.6 Å². The number of piperazine rings is 1. The number of nitrogens with two attached hydrogens (primary N) is 1. The van der Waals surface area contributed by atoms with E-state index in [0.717, 1.165) is 17.7 Å². The molecule has 0 bridgehead atoms. The number of thioether (sulfide) groups is 1. The number of alkyl halides is 3. The van der Waals surface area contributed by atoms with Crippen molar-refractivity contribution in [3.8, 4) is 0 Å². The summed E-state index contributed by atoms with van der Waals surface area (Å²) in [6.07, 6.45) is -3.06. The Labute approximate surface area is 276 Å². The van der Waals surface area contributed by atoms with Crippen molar-refractivity contribution in [1.82, 2.24) is 10.2 Å². The van der Waals surface area contributed by atoms with E-state index in [9.17, 15) is 27.9 Å². The topological polar surface area (TPSA) is 108 Å². The first-order valence-electron chi connectivity index (χ1n) is 14.8. The third-order valence-corrected chi connectivity index (χ3v) is 8.89. The molecule has 4 N–H and O–H groups in total. The molecule has 250 valence electrons. The zero-order valence-electron chi connectivity index (χ0n) is 25.6. The number of halogens is 5. The molecule has 45 heavy (non-hydrogen) atoms. The number of hydrogen-bond donors (Lipinski definition) is 3. The molecule has 0 spiro atoms. The van der Waals surface area contributed by atoms with Crippen LogP contribution >= 0.6 is 35.0 Å². The van der Waals surface area contributed by atoms with Gasteiger partial charge in [-0.15, -0.1) is 0 Å². The van der Waals surface area contributed by atoms with Crippen LogP contribution in [0.3, 0.4) is 0 Å². The first kappa shape index (κ1) is 37.2. The Morgan fingerprint density at radius 2 is 1.82 bits per heavy atom. The Hall–Kier alpha value is -2.22. The molecule has 14 heteroatoms. The fourth-order valence-corrected chi connectivity index (χ4v) is 6.25. The second kappa shape index (κ2) is 16.6. The third-order valence-electron chi connectivity index (χ3n) is 7.69. The molecule has 3 atom stereocenters. The lowest BCUT2D eigenvalue weighted by Gasteiger charge is -2.40. The number of anilines is 1. The molecule has 3 rings (SSSR count). The van der Waals surface area contributed by atoms with E-state index in [2.05, 4.69) is 5.32 Å². The second-order valence-corrected chi connectivity index (χ2v) is 12.9. The molecule has 1 heterocycles. The van der Waals surface area contributed by atoms with Crippen molar-refractivity contribution in [2.24, 2.45) is 5.73 Å². The normalized spacial score (nSPS) is 16.7. The van der Waals surface area contributed by atoms with Crippen LogP contribution in [0.4, 0.5) is 18.9 Å². The summed E-state index contributed by atoms with van der Waals surface area (Å²) in [5.74, 6) is -0.584. The number of rotatable bonds is 14. The van der Waals surface area contributed by atoms with Crippen molar-refractivity contribution >= 4 is 52.5 Å². The van der Waals surface area contributed by atoms with E-state index in [1.54, 1.807) is 23.1 Å². The van der Waals surface area contributed by atoms with E-state index < -0.39 is 35.7 Å². The minimum Gasteiger partial charge on any atom is -0.445 e. The predicted molar refractivity (Wildman–Crippen MR) is 173 cm³/mol. The van der Waals surface area contributed by atoms with E-state index in [4.69, 9.17) is 33.7 Å². The summed E-state index contributed by atoms with van der Waals surface area (Å²) in [7, 11) is 0. The van der Waals surface area contributed by atoms with Crippen LogP contribution in [0.2, 0.25) is 10.0 Å². The molecule has 1 saturated heterocycles. The number of benzene rings is 2. The number of ether oxygens (including phenoxy) is 1. The lowest BCUT2D eigenvalue weighted by molar-refractivity contribution is -0.160. The Balaban J connectivity index is 1.87. The quantitative estimate of drug-likeness (QED) is 0.169. The Morgan fingerprint density at radius 1 is 1.13 bits per heavy atom. The van der Waals surface area contributed by atoms with Crippen LogP contribution in [0.1, 0.15) is 56.2 Å². The van der Waals surface area contributed by atoms with Gasteiger partial charge in [0.1, 0.15) is 11.8 Å². The highest BCUT2D eigenvalue weighted by Gasteiger charge is 2.43. The monoisotopic (exact) mass is 692 g/mol. The van der Waals surface area contributed by atoms with E-state index >= 15 is 0 Å². The maximum atomic E-state index is 13.9. The number of carbonyl (C=O) groups excluding carboxylic acids is 2. The van der Waals surface area contributed by atoms with Crippen LogP contribution in [0.25, 0.3) is 0 Å². The third kappa shape index (κ3) is 10.1. The fraction of sp³-hybridized carbons (Fsp3) is 0.548. The Morgan fingerprint density at radius 3 is 2.40 bits per heavy atom. The van der Waals surface area contributed by atoms with Gasteiger partial charge in [0.15, 0.2) is 6.23 Å². The summed E-state index contributed by atoms with van der Waals surface area (Å²) < 4.78 is 47.5. The molecule has 1 fully saturated rings.